The topological polar surface area (TPSA) is 90.0 Å². The number of amides is 3. The number of nitrogens with one attached hydrogen (secondary N) is 1. The molecule has 0 spiro atoms. The van der Waals surface area contributed by atoms with Crippen molar-refractivity contribution >= 4 is 17.9 Å². The lowest BCUT2D eigenvalue weighted by Gasteiger charge is -2.39. The van der Waals surface area contributed by atoms with Gasteiger partial charge in [-0.15, -0.1) is 0 Å². The molecule has 1 rings (SSSR count). The molecular formula is C13H23N3O4. The minimum atomic E-state index is -1.15. The van der Waals surface area contributed by atoms with Crippen LogP contribution in [0.15, 0.2) is 0 Å². The van der Waals surface area contributed by atoms with E-state index in [0.717, 1.165) is 6.42 Å². The summed E-state index contributed by atoms with van der Waals surface area (Å²) in [5, 5.41) is 11.7. The van der Waals surface area contributed by atoms with Gasteiger partial charge in [-0.1, -0.05) is 0 Å². The second kappa shape index (κ2) is 6.58. The van der Waals surface area contributed by atoms with Gasteiger partial charge in [0.15, 0.2) is 0 Å². The number of aliphatic carboxylic acids is 1. The van der Waals surface area contributed by atoms with Gasteiger partial charge in [-0.25, -0.2) is 9.59 Å². The zero-order chi connectivity index (χ0) is 15.3. The first kappa shape index (κ1) is 16.3. The van der Waals surface area contributed by atoms with Crippen LogP contribution in [0.1, 0.15) is 33.1 Å². The average Bonchev–Trinajstić information content (AvgIpc) is 2.34. The summed E-state index contributed by atoms with van der Waals surface area (Å²) in [7, 11) is 1.49. The van der Waals surface area contributed by atoms with E-state index in [1.54, 1.807) is 4.90 Å². The first-order valence-corrected chi connectivity index (χ1v) is 6.90. The van der Waals surface area contributed by atoms with Crippen LogP contribution in [0.3, 0.4) is 0 Å². The lowest BCUT2D eigenvalue weighted by atomic mass is 9.77. The van der Waals surface area contributed by atoms with Crippen LogP contribution < -0.4 is 5.32 Å². The van der Waals surface area contributed by atoms with Crippen LogP contribution in [0.2, 0.25) is 0 Å². The molecule has 0 heterocycles. The molecule has 0 aromatic rings. The Bertz CT molecular complexity index is 389. The molecule has 114 valence electrons. The summed E-state index contributed by atoms with van der Waals surface area (Å²) < 4.78 is 0. The highest BCUT2D eigenvalue weighted by Gasteiger charge is 2.46. The molecule has 1 fully saturated rings. The normalized spacial score (nSPS) is 15.9. The Morgan fingerprint density at radius 1 is 1.20 bits per heavy atom. The molecule has 0 radical (unpaired) electrons. The monoisotopic (exact) mass is 285 g/mol. The van der Waals surface area contributed by atoms with Gasteiger partial charge in [0.25, 0.3) is 0 Å². The maximum Gasteiger partial charge on any atom is 0.329 e. The van der Waals surface area contributed by atoms with Crippen LogP contribution >= 0.6 is 0 Å². The molecule has 20 heavy (non-hydrogen) atoms. The van der Waals surface area contributed by atoms with Crippen molar-refractivity contribution in [1.29, 1.82) is 0 Å². The number of carboxylic acids is 1. The third-order valence-electron chi connectivity index (χ3n) is 3.80. The van der Waals surface area contributed by atoms with Crippen molar-refractivity contribution in [2.45, 2.75) is 38.6 Å². The van der Waals surface area contributed by atoms with Crippen molar-refractivity contribution in [3.05, 3.63) is 0 Å². The van der Waals surface area contributed by atoms with E-state index in [9.17, 15) is 14.4 Å². The molecule has 0 saturated heterocycles. The van der Waals surface area contributed by atoms with Crippen LogP contribution in [0.5, 0.6) is 0 Å². The number of carbonyl (C=O) groups excluding carboxylic acids is 2. The van der Waals surface area contributed by atoms with Crippen molar-refractivity contribution in [3.63, 3.8) is 0 Å². The Kier molecular flexibility index (Phi) is 5.35. The number of nitrogens with zero attached hydrogens (tertiary/aromatic N) is 2. The van der Waals surface area contributed by atoms with E-state index in [2.05, 4.69) is 5.32 Å². The van der Waals surface area contributed by atoms with Gasteiger partial charge in [0.1, 0.15) is 12.1 Å². The van der Waals surface area contributed by atoms with Crippen LogP contribution in [0, 0.1) is 0 Å². The van der Waals surface area contributed by atoms with Gasteiger partial charge >= 0.3 is 12.0 Å². The first-order valence-electron chi connectivity index (χ1n) is 6.90. The van der Waals surface area contributed by atoms with E-state index in [0.29, 0.717) is 25.9 Å². The summed E-state index contributed by atoms with van der Waals surface area (Å²) in [5.74, 6) is -1.16. The van der Waals surface area contributed by atoms with E-state index in [1.165, 1.54) is 11.9 Å². The predicted molar refractivity (Wildman–Crippen MR) is 73.3 cm³/mol. The maximum atomic E-state index is 12.0. The largest absolute Gasteiger partial charge is 0.480 e. The molecule has 7 heteroatoms. The van der Waals surface area contributed by atoms with Gasteiger partial charge in [0.2, 0.25) is 5.91 Å². The Morgan fingerprint density at radius 3 is 2.10 bits per heavy atom. The SMILES string of the molecule is CCN(CC)C(=O)CN(C)C(=O)NC1(C(=O)O)CCC1. The van der Waals surface area contributed by atoms with Gasteiger partial charge in [0, 0.05) is 20.1 Å². The van der Waals surface area contributed by atoms with Gasteiger partial charge < -0.3 is 20.2 Å². The van der Waals surface area contributed by atoms with Gasteiger partial charge in [-0.05, 0) is 33.1 Å². The van der Waals surface area contributed by atoms with E-state index in [4.69, 9.17) is 5.11 Å². The lowest BCUT2D eigenvalue weighted by Crippen LogP contribution is -2.61. The molecule has 1 aliphatic rings. The molecule has 1 saturated carbocycles. The summed E-state index contributed by atoms with van der Waals surface area (Å²) in [4.78, 5) is 37.9. The minimum Gasteiger partial charge on any atom is -0.480 e. The molecule has 7 nitrogen and oxygen atoms in total. The van der Waals surface area contributed by atoms with Crippen molar-refractivity contribution in [2.24, 2.45) is 0 Å². The molecule has 0 aromatic heterocycles. The standard InChI is InChI=1S/C13H23N3O4/c1-4-16(5-2)10(17)9-15(3)12(20)14-13(11(18)19)7-6-8-13/h4-9H2,1-3H3,(H,14,20)(H,18,19). The van der Waals surface area contributed by atoms with Crippen LogP contribution in [-0.4, -0.2) is 65.0 Å². The number of hydrogen-bond donors (Lipinski definition) is 2. The Morgan fingerprint density at radius 2 is 1.75 bits per heavy atom. The number of hydrogen-bond acceptors (Lipinski definition) is 3. The van der Waals surface area contributed by atoms with E-state index >= 15 is 0 Å². The highest BCUT2D eigenvalue weighted by Crippen LogP contribution is 2.32. The van der Waals surface area contributed by atoms with Crippen molar-refractivity contribution < 1.29 is 19.5 Å². The van der Waals surface area contributed by atoms with Gasteiger partial charge in [-0.3, -0.25) is 4.79 Å². The Labute approximate surface area is 118 Å². The highest BCUT2D eigenvalue weighted by atomic mass is 16.4. The fourth-order valence-corrected chi connectivity index (χ4v) is 2.17. The summed E-state index contributed by atoms with van der Waals surface area (Å²) in [6.45, 7) is 4.86. The molecule has 1 aliphatic carbocycles. The van der Waals surface area contributed by atoms with Gasteiger partial charge in [-0.2, -0.15) is 0 Å². The quantitative estimate of drug-likeness (QED) is 0.743. The highest BCUT2D eigenvalue weighted by molar-refractivity contribution is 5.89. The number of carbonyl (C=O) groups is 3. The lowest BCUT2D eigenvalue weighted by molar-refractivity contribution is -0.148. The summed E-state index contributed by atoms with van der Waals surface area (Å²) in [6.07, 6.45) is 1.66. The summed E-state index contributed by atoms with van der Waals surface area (Å²) in [5.41, 5.74) is -1.15. The summed E-state index contributed by atoms with van der Waals surface area (Å²) >= 11 is 0. The molecular weight excluding hydrogens is 262 g/mol. The zero-order valence-electron chi connectivity index (χ0n) is 12.3. The number of rotatable bonds is 6. The van der Waals surface area contributed by atoms with Crippen LogP contribution in [-0.2, 0) is 9.59 Å². The Balaban J connectivity index is 2.55. The predicted octanol–water partition coefficient (Wildman–Crippen LogP) is 0.504. The van der Waals surface area contributed by atoms with Crippen LogP contribution in [0.25, 0.3) is 0 Å². The third-order valence-corrected chi connectivity index (χ3v) is 3.80. The van der Waals surface area contributed by atoms with Gasteiger partial charge in [0.05, 0.1) is 0 Å². The van der Waals surface area contributed by atoms with E-state index < -0.39 is 17.5 Å². The number of urea groups is 1. The van der Waals surface area contributed by atoms with E-state index in [-0.39, 0.29) is 12.5 Å². The van der Waals surface area contributed by atoms with Crippen molar-refractivity contribution in [3.8, 4) is 0 Å². The smallest absolute Gasteiger partial charge is 0.329 e. The average molecular weight is 285 g/mol. The van der Waals surface area contributed by atoms with Crippen LogP contribution in [0.4, 0.5) is 4.79 Å². The first-order chi connectivity index (χ1) is 9.36. The molecule has 3 amide bonds. The van der Waals surface area contributed by atoms with E-state index in [1.807, 2.05) is 13.8 Å². The van der Waals surface area contributed by atoms with Crippen molar-refractivity contribution in [2.75, 3.05) is 26.7 Å². The number of carboxylic acid groups (broad SMARTS) is 1. The summed E-state index contributed by atoms with van der Waals surface area (Å²) in [6, 6.07) is -0.521. The number of likely N-dealkylation sites (N-methyl/N-ethyl adjacent to an activating group) is 2. The molecule has 2 N–H and O–H groups in total. The fourth-order valence-electron chi connectivity index (χ4n) is 2.17. The molecule has 0 bridgehead atoms. The molecule has 0 aromatic carbocycles. The Hall–Kier alpha value is -1.79. The minimum absolute atomic E-state index is 0.0524. The van der Waals surface area contributed by atoms with Crippen molar-refractivity contribution in [1.82, 2.24) is 15.1 Å². The molecule has 0 aliphatic heterocycles. The zero-order valence-corrected chi connectivity index (χ0v) is 12.3. The molecule has 0 unspecified atom stereocenters. The molecule has 0 atom stereocenters. The maximum absolute atomic E-state index is 12.0. The third kappa shape index (κ3) is 3.40. The second-order valence-electron chi connectivity index (χ2n) is 5.09. The second-order valence-corrected chi connectivity index (χ2v) is 5.09. The fraction of sp³-hybridized carbons (Fsp3) is 0.769.